The second-order valence-corrected chi connectivity index (χ2v) is 3.50. The maximum atomic E-state index is 12.7. The summed E-state index contributed by atoms with van der Waals surface area (Å²) in [5.74, 6) is -0.943. The molecule has 0 saturated carbocycles. The number of esters is 1. The van der Waals surface area contributed by atoms with Crippen LogP contribution in [-0.2, 0) is 4.74 Å². The second-order valence-electron chi connectivity index (χ2n) is 2.65. The standard InChI is InChI=1S/C9H5BrF2N2O2/c1-16-9(15)6-4(10)3-14-5(2-13)7(6)8(11)12/h3,8H,1H3. The van der Waals surface area contributed by atoms with Crippen molar-refractivity contribution in [1.29, 1.82) is 5.26 Å². The number of rotatable bonds is 2. The van der Waals surface area contributed by atoms with Crippen molar-refractivity contribution >= 4 is 21.9 Å². The average Bonchev–Trinajstić information content (AvgIpc) is 2.27. The molecule has 84 valence electrons. The van der Waals surface area contributed by atoms with Crippen molar-refractivity contribution < 1.29 is 18.3 Å². The van der Waals surface area contributed by atoms with E-state index in [0.29, 0.717) is 0 Å². The smallest absolute Gasteiger partial charge is 0.339 e. The highest BCUT2D eigenvalue weighted by Gasteiger charge is 2.26. The van der Waals surface area contributed by atoms with Gasteiger partial charge in [0.05, 0.1) is 22.7 Å². The molecule has 0 saturated heterocycles. The van der Waals surface area contributed by atoms with Crippen molar-refractivity contribution in [3.05, 3.63) is 27.5 Å². The first-order chi connectivity index (χ1) is 7.52. The molecule has 0 amide bonds. The Bertz CT molecular complexity index is 471. The summed E-state index contributed by atoms with van der Waals surface area (Å²) in [7, 11) is 1.07. The van der Waals surface area contributed by atoms with Crippen LogP contribution in [0.1, 0.15) is 28.0 Å². The Kier molecular flexibility index (Phi) is 3.90. The van der Waals surface area contributed by atoms with Gasteiger partial charge in [0, 0.05) is 6.20 Å². The number of hydrogen-bond acceptors (Lipinski definition) is 4. The van der Waals surface area contributed by atoms with E-state index in [9.17, 15) is 13.6 Å². The molecule has 4 nitrogen and oxygen atoms in total. The van der Waals surface area contributed by atoms with Crippen LogP contribution < -0.4 is 0 Å². The number of alkyl halides is 2. The third kappa shape index (κ3) is 2.17. The molecule has 0 bridgehead atoms. The number of halogens is 3. The quantitative estimate of drug-likeness (QED) is 0.785. The van der Waals surface area contributed by atoms with Crippen molar-refractivity contribution in [3.8, 4) is 6.07 Å². The van der Waals surface area contributed by atoms with Crippen LogP contribution in [0.25, 0.3) is 0 Å². The first-order valence-corrected chi connectivity index (χ1v) is 4.77. The fourth-order valence-corrected chi connectivity index (χ4v) is 1.59. The Balaban J connectivity index is 3.56. The number of aromatic nitrogens is 1. The lowest BCUT2D eigenvalue weighted by molar-refractivity contribution is 0.0587. The summed E-state index contributed by atoms with van der Waals surface area (Å²) in [5, 5.41) is 8.62. The Hall–Kier alpha value is -1.55. The number of ether oxygens (including phenoxy) is 1. The number of hydrogen-bond donors (Lipinski definition) is 0. The molecular weight excluding hydrogens is 286 g/mol. The lowest BCUT2D eigenvalue weighted by Gasteiger charge is -2.09. The van der Waals surface area contributed by atoms with Crippen LogP contribution in [0.5, 0.6) is 0 Å². The molecule has 1 aromatic rings. The molecule has 16 heavy (non-hydrogen) atoms. The number of nitriles is 1. The zero-order valence-electron chi connectivity index (χ0n) is 8.00. The zero-order valence-corrected chi connectivity index (χ0v) is 9.59. The van der Waals surface area contributed by atoms with E-state index >= 15 is 0 Å². The third-order valence-electron chi connectivity index (χ3n) is 1.78. The van der Waals surface area contributed by atoms with Gasteiger partial charge in [-0.3, -0.25) is 0 Å². The molecule has 7 heteroatoms. The molecule has 1 heterocycles. The fraction of sp³-hybridized carbons (Fsp3) is 0.222. The molecule has 0 unspecified atom stereocenters. The van der Waals surface area contributed by atoms with Gasteiger partial charge in [-0.15, -0.1) is 0 Å². The van der Waals surface area contributed by atoms with Gasteiger partial charge in [-0.2, -0.15) is 5.26 Å². The van der Waals surface area contributed by atoms with Gasteiger partial charge in [-0.1, -0.05) is 0 Å². The molecule has 0 aliphatic rings. The minimum atomic E-state index is -2.98. The molecule has 0 spiro atoms. The summed E-state index contributed by atoms with van der Waals surface area (Å²) in [4.78, 5) is 14.8. The van der Waals surface area contributed by atoms with Crippen molar-refractivity contribution in [1.82, 2.24) is 4.98 Å². The maximum Gasteiger partial charge on any atom is 0.339 e. The van der Waals surface area contributed by atoms with Crippen molar-refractivity contribution in [2.45, 2.75) is 6.43 Å². The molecule has 0 aromatic carbocycles. The maximum absolute atomic E-state index is 12.7. The molecule has 0 N–H and O–H groups in total. The van der Waals surface area contributed by atoms with Gasteiger partial charge in [0.1, 0.15) is 11.8 Å². The summed E-state index contributed by atoms with van der Waals surface area (Å²) >= 11 is 2.91. The number of pyridine rings is 1. The largest absolute Gasteiger partial charge is 0.465 e. The summed E-state index contributed by atoms with van der Waals surface area (Å²) in [6.45, 7) is 0. The van der Waals surface area contributed by atoms with E-state index in [1.165, 1.54) is 6.07 Å². The van der Waals surface area contributed by atoms with E-state index in [2.05, 4.69) is 25.7 Å². The molecule has 0 aliphatic carbocycles. The van der Waals surface area contributed by atoms with Crippen LogP contribution in [0, 0.1) is 11.3 Å². The average molecular weight is 291 g/mol. The van der Waals surface area contributed by atoms with Crippen LogP contribution in [0.15, 0.2) is 10.7 Å². The normalized spacial score (nSPS) is 10.0. The van der Waals surface area contributed by atoms with Gasteiger partial charge < -0.3 is 4.74 Å². The fourth-order valence-electron chi connectivity index (χ4n) is 1.11. The predicted octanol–water partition coefficient (Wildman–Crippen LogP) is 2.44. The summed E-state index contributed by atoms with van der Waals surface area (Å²) in [6.07, 6.45) is -1.87. The number of nitrogens with zero attached hydrogens (tertiary/aromatic N) is 2. The number of methoxy groups -OCH3 is 1. The van der Waals surface area contributed by atoms with Gasteiger partial charge in [0.2, 0.25) is 0 Å². The zero-order chi connectivity index (χ0) is 12.3. The molecular formula is C9H5BrF2N2O2. The molecule has 0 aliphatic heterocycles. The number of carbonyl (C=O) groups is 1. The van der Waals surface area contributed by atoms with Gasteiger partial charge >= 0.3 is 5.97 Å². The van der Waals surface area contributed by atoms with Crippen LogP contribution in [-0.4, -0.2) is 18.1 Å². The molecule has 0 radical (unpaired) electrons. The minimum Gasteiger partial charge on any atom is -0.465 e. The summed E-state index contributed by atoms with van der Waals surface area (Å²) in [6, 6.07) is 1.50. The van der Waals surface area contributed by atoms with E-state index < -0.39 is 23.7 Å². The Labute approximate surface area is 98.0 Å². The van der Waals surface area contributed by atoms with E-state index in [0.717, 1.165) is 13.3 Å². The Morgan fingerprint density at radius 2 is 2.31 bits per heavy atom. The van der Waals surface area contributed by atoms with Crippen molar-refractivity contribution in [3.63, 3.8) is 0 Å². The van der Waals surface area contributed by atoms with E-state index in [4.69, 9.17) is 5.26 Å². The van der Waals surface area contributed by atoms with Gasteiger partial charge in [-0.05, 0) is 15.9 Å². The van der Waals surface area contributed by atoms with Gasteiger partial charge in [-0.25, -0.2) is 18.6 Å². The van der Waals surface area contributed by atoms with E-state index in [1.54, 1.807) is 0 Å². The molecule has 1 aromatic heterocycles. The van der Waals surface area contributed by atoms with Crippen LogP contribution >= 0.6 is 15.9 Å². The topological polar surface area (TPSA) is 63.0 Å². The first kappa shape index (κ1) is 12.5. The van der Waals surface area contributed by atoms with Gasteiger partial charge in [0.25, 0.3) is 6.43 Å². The summed E-state index contributed by atoms with van der Waals surface area (Å²) in [5.41, 5.74) is -1.58. The van der Waals surface area contributed by atoms with Crippen molar-refractivity contribution in [2.75, 3.05) is 7.11 Å². The summed E-state index contributed by atoms with van der Waals surface area (Å²) < 4.78 is 29.9. The lowest BCUT2D eigenvalue weighted by Crippen LogP contribution is -2.10. The molecule has 0 fully saturated rings. The van der Waals surface area contributed by atoms with E-state index in [1.807, 2.05) is 0 Å². The minimum absolute atomic E-state index is 0.0636. The number of carbonyl (C=O) groups excluding carboxylic acids is 1. The first-order valence-electron chi connectivity index (χ1n) is 3.97. The Morgan fingerprint density at radius 1 is 1.69 bits per heavy atom. The third-order valence-corrected chi connectivity index (χ3v) is 2.39. The van der Waals surface area contributed by atoms with E-state index in [-0.39, 0.29) is 10.0 Å². The second kappa shape index (κ2) is 4.99. The highest BCUT2D eigenvalue weighted by Crippen LogP contribution is 2.30. The monoisotopic (exact) mass is 290 g/mol. The predicted molar refractivity (Wildman–Crippen MR) is 52.9 cm³/mol. The molecule has 1 rings (SSSR count). The van der Waals surface area contributed by atoms with Crippen molar-refractivity contribution in [2.24, 2.45) is 0 Å². The van der Waals surface area contributed by atoms with Crippen LogP contribution in [0.4, 0.5) is 8.78 Å². The lowest BCUT2D eigenvalue weighted by atomic mass is 10.1. The molecule has 0 atom stereocenters. The van der Waals surface area contributed by atoms with Crippen LogP contribution in [0.3, 0.4) is 0 Å². The van der Waals surface area contributed by atoms with Gasteiger partial charge in [0.15, 0.2) is 0 Å². The SMILES string of the molecule is COC(=O)c1c(Br)cnc(C#N)c1C(F)F. The van der Waals surface area contributed by atoms with Crippen LogP contribution in [0.2, 0.25) is 0 Å². The highest BCUT2D eigenvalue weighted by atomic mass is 79.9. The highest BCUT2D eigenvalue weighted by molar-refractivity contribution is 9.10. The Morgan fingerprint density at radius 3 is 2.75 bits per heavy atom.